The summed E-state index contributed by atoms with van der Waals surface area (Å²) in [5, 5.41) is 1.38. The van der Waals surface area contributed by atoms with E-state index >= 15 is 0 Å². The first-order valence-corrected chi connectivity index (χ1v) is 12.1. The van der Waals surface area contributed by atoms with Crippen LogP contribution in [0.4, 0.5) is 5.69 Å². The second-order valence-electron chi connectivity index (χ2n) is 7.58. The van der Waals surface area contributed by atoms with Crippen LogP contribution in [0.2, 0.25) is 10.0 Å². The number of hydrogen-bond donors (Lipinski definition) is 1. The molecule has 1 N–H and O–H groups in total. The van der Waals surface area contributed by atoms with Gasteiger partial charge >= 0.3 is 0 Å². The van der Waals surface area contributed by atoms with Crippen molar-refractivity contribution >= 4 is 38.9 Å². The van der Waals surface area contributed by atoms with Crippen LogP contribution in [0.3, 0.4) is 0 Å². The van der Waals surface area contributed by atoms with E-state index in [0.717, 1.165) is 11.1 Å². The molecule has 0 radical (unpaired) electrons. The van der Waals surface area contributed by atoms with E-state index in [-0.39, 0.29) is 17.7 Å². The van der Waals surface area contributed by atoms with Crippen molar-refractivity contribution < 1.29 is 8.42 Å². The molecule has 0 spiro atoms. The highest BCUT2D eigenvalue weighted by Crippen LogP contribution is 2.35. The summed E-state index contributed by atoms with van der Waals surface area (Å²) >= 11 is 12.1. The van der Waals surface area contributed by atoms with Crippen LogP contribution >= 0.6 is 23.2 Å². The van der Waals surface area contributed by atoms with Crippen molar-refractivity contribution in [2.24, 2.45) is 5.92 Å². The fraction of sp³-hybridized carbons (Fsp3) is 0.217. The van der Waals surface area contributed by atoms with Crippen LogP contribution in [-0.2, 0) is 10.0 Å². The van der Waals surface area contributed by atoms with E-state index in [2.05, 4.69) is 9.62 Å². The molecule has 156 valence electrons. The Labute approximate surface area is 187 Å². The maximum Gasteiger partial charge on any atom is 0.233 e. The molecular formula is C23H22Cl2N2O2S. The van der Waals surface area contributed by atoms with Crippen molar-refractivity contribution in [1.82, 2.24) is 4.90 Å². The Morgan fingerprint density at radius 3 is 1.83 bits per heavy atom. The van der Waals surface area contributed by atoms with E-state index in [0.29, 0.717) is 28.8 Å². The van der Waals surface area contributed by atoms with Crippen molar-refractivity contribution in [2.75, 3.05) is 23.6 Å². The number of nitrogens with one attached hydrogen (secondary N) is 1. The molecule has 1 saturated heterocycles. The van der Waals surface area contributed by atoms with Gasteiger partial charge in [0.1, 0.15) is 0 Å². The van der Waals surface area contributed by atoms with Crippen LogP contribution in [0.15, 0.2) is 78.9 Å². The van der Waals surface area contributed by atoms with Crippen molar-refractivity contribution in [1.29, 1.82) is 0 Å². The van der Waals surface area contributed by atoms with E-state index in [1.54, 1.807) is 12.1 Å². The summed E-state index contributed by atoms with van der Waals surface area (Å²) in [6.45, 7) is 1.40. The topological polar surface area (TPSA) is 49.4 Å². The predicted octanol–water partition coefficient (Wildman–Crippen LogP) is 5.46. The average molecular weight is 461 g/mol. The number of likely N-dealkylation sites (tertiary alicyclic amines) is 1. The van der Waals surface area contributed by atoms with Crippen LogP contribution < -0.4 is 4.72 Å². The fourth-order valence-corrected chi connectivity index (χ4v) is 5.53. The largest absolute Gasteiger partial charge is 0.292 e. The van der Waals surface area contributed by atoms with Crippen molar-refractivity contribution in [3.05, 3.63) is 100 Å². The number of anilines is 1. The van der Waals surface area contributed by atoms with Gasteiger partial charge in [0, 0.05) is 34.7 Å². The summed E-state index contributed by atoms with van der Waals surface area (Å²) < 4.78 is 27.7. The highest BCUT2D eigenvalue weighted by atomic mass is 35.5. The maximum atomic E-state index is 12.5. The molecule has 1 fully saturated rings. The number of para-hydroxylation sites is 1. The summed E-state index contributed by atoms with van der Waals surface area (Å²) in [5.41, 5.74) is 2.82. The Bertz CT molecular complexity index is 1040. The van der Waals surface area contributed by atoms with E-state index in [1.165, 1.54) is 0 Å². The van der Waals surface area contributed by atoms with Gasteiger partial charge in [0.25, 0.3) is 0 Å². The monoisotopic (exact) mass is 460 g/mol. The number of rotatable bonds is 7. The van der Waals surface area contributed by atoms with Gasteiger partial charge in [-0.1, -0.05) is 65.7 Å². The molecule has 7 heteroatoms. The molecule has 0 amide bonds. The Balaban J connectivity index is 1.46. The van der Waals surface area contributed by atoms with Crippen molar-refractivity contribution in [2.45, 2.75) is 6.04 Å². The SMILES string of the molecule is O=S(=O)(CC1CN(C(c2ccc(Cl)cc2)c2ccc(Cl)cc2)C1)Nc1ccccc1. The molecular weight excluding hydrogens is 439 g/mol. The molecule has 0 aliphatic carbocycles. The summed E-state index contributed by atoms with van der Waals surface area (Å²) in [5.74, 6) is 0.181. The third-order valence-corrected chi connectivity index (χ3v) is 7.19. The Kier molecular flexibility index (Phi) is 6.34. The lowest BCUT2D eigenvalue weighted by atomic mass is 9.91. The summed E-state index contributed by atoms with van der Waals surface area (Å²) in [6.07, 6.45) is 0. The molecule has 30 heavy (non-hydrogen) atoms. The molecule has 3 aromatic carbocycles. The Hall–Kier alpha value is -2.05. The van der Waals surface area contributed by atoms with Crippen LogP contribution in [-0.4, -0.2) is 32.2 Å². The van der Waals surface area contributed by atoms with E-state index in [1.807, 2.05) is 66.7 Å². The lowest BCUT2D eigenvalue weighted by Gasteiger charge is -2.44. The summed E-state index contributed by atoms with van der Waals surface area (Å²) in [4.78, 5) is 2.29. The van der Waals surface area contributed by atoms with Crippen molar-refractivity contribution in [3.63, 3.8) is 0 Å². The molecule has 4 rings (SSSR count). The van der Waals surface area contributed by atoms with Crippen LogP contribution in [0.25, 0.3) is 0 Å². The zero-order valence-electron chi connectivity index (χ0n) is 16.2. The molecule has 0 atom stereocenters. The number of benzene rings is 3. The second-order valence-corrected chi connectivity index (χ2v) is 10.2. The Morgan fingerprint density at radius 1 is 0.833 bits per heavy atom. The van der Waals surface area contributed by atoms with Gasteiger partial charge in [-0.15, -0.1) is 0 Å². The quantitative estimate of drug-likeness (QED) is 0.509. The van der Waals surface area contributed by atoms with Crippen LogP contribution in [0, 0.1) is 5.92 Å². The first-order valence-electron chi connectivity index (χ1n) is 9.70. The summed E-state index contributed by atoms with van der Waals surface area (Å²) in [7, 11) is -3.40. The normalized spacial score (nSPS) is 15.2. The van der Waals surface area contributed by atoms with Gasteiger partial charge in [-0.3, -0.25) is 9.62 Å². The van der Waals surface area contributed by atoms with Gasteiger partial charge in [0.2, 0.25) is 10.0 Å². The lowest BCUT2D eigenvalue weighted by molar-refractivity contribution is 0.0813. The van der Waals surface area contributed by atoms with Gasteiger partial charge < -0.3 is 0 Å². The Morgan fingerprint density at radius 2 is 1.33 bits per heavy atom. The lowest BCUT2D eigenvalue weighted by Crippen LogP contribution is -2.51. The molecule has 1 aliphatic rings. The zero-order chi connectivity index (χ0) is 21.1. The maximum absolute atomic E-state index is 12.5. The van der Waals surface area contributed by atoms with E-state index in [9.17, 15) is 8.42 Å². The molecule has 0 saturated carbocycles. The predicted molar refractivity (Wildman–Crippen MR) is 124 cm³/mol. The van der Waals surface area contributed by atoms with Crippen molar-refractivity contribution in [3.8, 4) is 0 Å². The van der Waals surface area contributed by atoms with Gasteiger partial charge in [-0.05, 0) is 47.5 Å². The highest BCUT2D eigenvalue weighted by Gasteiger charge is 2.36. The number of hydrogen-bond acceptors (Lipinski definition) is 3. The number of sulfonamides is 1. The number of halogens is 2. The fourth-order valence-electron chi connectivity index (χ4n) is 3.87. The third-order valence-electron chi connectivity index (χ3n) is 5.22. The smallest absolute Gasteiger partial charge is 0.233 e. The van der Waals surface area contributed by atoms with Gasteiger partial charge in [0.15, 0.2) is 0 Å². The minimum Gasteiger partial charge on any atom is -0.292 e. The average Bonchev–Trinajstić information content (AvgIpc) is 2.69. The van der Waals surface area contributed by atoms with Gasteiger partial charge in [-0.25, -0.2) is 8.42 Å². The minimum atomic E-state index is -3.40. The van der Waals surface area contributed by atoms with Crippen LogP contribution in [0.1, 0.15) is 17.2 Å². The molecule has 0 aromatic heterocycles. The number of nitrogens with zero attached hydrogens (tertiary/aromatic N) is 1. The van der Waals surface area contributed by atoms with Gasteiger partial charge in [0.05, 0.1) is 11.8 Å². The van der Waals surface area contributed by atoms with Gasteiger partial charge in [-0.2, -0.15) is 0 Å². The first-order chi connectivity index (χ1) is 14.4. The molecule has 3 aromatic rings. The molecule has 4 nitrogen and oxygen atoms in total. The standard InChI is InChI=1S/C23H22Cl2N2O2S/c24-20-10-6-18(7-11-20)23(19-8-12-21(25)13-9-19)27-14-17(15-27)16-30(28,29)26-22-4-2-1-3-5-22/h1-13,17,23,26H,14-16H2. The molecule has 0 unspecified atom stereocenters. The zero-order valence-corrected chi connectivity index (χ0v) is 18.5. The molecule has 1 aliphatic heterocycles. The van der Waals surface area contributed by atoms with Crippen LogP contribution in [0.5, 0.6) is 0 Å². The van der Waals surface area contributed by atoms with E-state index < -0.39 is 10.0 Å². The summed E-state index contributed by atoms with van der Waals surface area (Å²) in [6, 6.07) is 24.6. The first kappa shape index (κ1) is 21.2. The molecule has 0 bridgehead atoms. The highest BCUT2D eigenvalue weighted by molar-refractivity contribution is 7.92. The third kappa shape index (κ3) is 5.16. The minimum absolute atomic E-state index is 0.0283. The van der Waals surface area contributed by atoms with E-state index in [4.69, 9.17) is 23.2 Å². The second kappa shape index (κ2) is 8.98. The molecule has 1 heterocycles.